The van der Waals surface area contributed by atoms with Crippen LogP contribution >= 0.6 is 0 Å². The molecule has 0 saturated heterocycles. The second kappa shape index (κ2) is 7.55. The van der Waals surface area contributed by atoms with Gasteiger partial charge in [-0.15, -0.1) is 0 Å². The van der Waals surface area contributed by atoms with E-state index in [-0.39, 0.29) is 0 Å². The molecule has 1 aromatic rings. The normalized spacial score (nSPS) is 10.6. The van der Waals surface area contributed by atoms with Crippen molar-refractivity contribution in [3.05, 3.63) is 24.2 Å². The Hall–Kier alpha value is -0.840. The van der Waals surface area contributed by atoms with Gasteiger partial charge in [0.1, 0.15) is 12.4 Å². The third-order valence-corrected chi connectivity index (χ3v) is 1.73. The Morgan fingerprint density at radius 2 is 2.21 bits per heavy atom. The van der Waals surface area contributed by atoms with Gasteiger partial charge in [-0.25, -0.2) is 0 Å². The quantitative estimate of drug-likeness (QED) is 0.635. The minimum absolute atomic E-state index is 0.541. The minimum Gasteiger partial charge on any atom is -0.467 e. The molecular formula is C10H17NO3. The van der Waals surface area contributed by atoms with Crippen molar-refractivity contribution in [2.45, 2.75) is 6.61 Å². The van der Waals surface area contributed by atoms with Gasteiger partial charge in [0.25, 0.3) is 0 Å². The van der Waals surface area contributed by atoms with Crippen LogP contribution in [0, 0.1) is 0 Å². The van der Waals surface area contributed by atoms with Crippen LogP contribution in [0.5, 0.6) is 0 Å². The van der Waals surface area contributed by atoms with E-state index in [1.807, 2.05) is 12.1 Å². The zero-order valence-corrected chi connectivity index (χ0v) is 8.49. The molecule has 0 aliphatic rings. The summed E-state index contributed by atoms with van der Waals surface area (Å²) < 4.78 is 15.4. The number of ether oxygens (including phenoxy) is 2. The lowest BCUT2D eigenvalue weighted by atomic mass is 10.5. The Labute approximate surface area is 84.2 Å². The highest BCUT2D eigenvalue weighted by molar-refractivity contribution is 4.95. The lowest BCUT2D eigenvalue weighted by Crippen LogP contribution is -2.23. The summed E-state index contributed by atoms with van der Waals surface area (Å²) >= 11 is 0. The number of rotatable bonds is 8. The van der Waals surface area contributed by atoms with Crippen LogP contribution in [0.3, 0.4) is 0 Å². The third-order valence-electron chi connectivity index (χ3n) is 1.73. The van der Waals surface area contributed by atoms with Crippen LogP contribution in [-0.2, 0) is 16.1 Å². The topological polar surface area (TPSA) is 43.6 Å². The van der Waals surface area contributed by atoms with Gasteiger partial charge < -0.3 is 19.2 Å². The number of hydrogen-bond donors (Lipinski definition) is 1. The fourth-order valence-corrected chi connectivity index (χ4v) is 1.01. The van der Waals surface area contributed by atoms with Gasteiger partial charge >= 0.3 is 0 Å². The van der Waals surface area contributed by atoms with Gasteiger partial charge in [-0.3, -0.25) is 0 Å². The zero-order valence-electron chi connectivity index (χ0n) is 8.49. The van der Waals surface area contributed by atoms with E-state index in [2.05, 4.69) is 5.32 Å². The average molecular weight is 199 g/mol. The number of hydrogen-bond acceptors (Lipinski definition) is 4. The first-order valence-corrected chi connectivity index (χ1v) is 4.73. The van der Waals surface area contributed by atoms with E-state index in [0.717, 1.165) is 25.5 Å². The molecule has 0 saturated carbocycles. The highest BCUT2D eigenvalue weighted by Gasteiger charge is 1.94. The molecule has 0 bridgehead atoms. The highest BCUT2D eigenvalue weighted by atomic mass is 16.5. The molecule has 1 N–H and O–H groups in total. The molecule has 1 heterocycles. The van der Waals surface area contributed by atoms with E-state index in [1.165, 1.54) is 0 Å². The summed E-state index contributed by atoms with van der Waals surface area (Å²) in [6.07, 6.45) is 1.65. The fourth-order valence-electron chi connectivity index (χ4n) is 1.01. The smallest absolute Gasteiger partial charge is 0.129 e. The predicted octanol–water partition coefficient (Wildman–Crippen LogP) is 1.03. The van der Waals surface area contributed by atoms with Crippen LogP contribution in [0.15, 0.2) is 22.8 Å². The van der Waals surface area contributed by atoms with E-state index < -0.39 is 0 Å². The first kappa shape index (κ1) is 11.2. The van der Waals surface area contributed by atoms with Crippen molar-refractivity contribution in [3.8, 4) is 0 Å². The van der Waals surface area contributed by atoms with Crippen LogP contribution in [0.25, 0.3) is 0 Å². The summed E-state index contributed by atoms with van der Waals surface area (Å²) in [7, 11) is 1.69. The molecule has 14 heavy (non-hydrogen) atoms. The monoisotopic (exact) mass is 199 g/mol. The van der Waals surface area contributed by atoms with Crippen LogP contribution < -0.4 is 5.32 Å². The fraction of sp³-hybridized carbons (Fsp3) is 0.600. The summed E-state index contributed by atoms with van der Waals surface area (Å²) in [5, 5.41) is 3.19. The number of nitrogens with one attached hydrogen (secondary N) is 1. The average Bonchev–Trinajstić information content (AvgIpc) is 2.69. The Balaban J connectivity index is 1.85. The largest absolute Gasteiger partial charge is 0.467 e. The Morgan fingerprint density at radius 1 is 1.36 bits per heavy atom. The van der Waals surface area contributed by atoms with E-state index >= 15 is 0 Å². The van der Waals surface area contributed by atoms with Crippen LogP contribution in [-0.4, -0.2) is 33.4 Å². The predicted molar refractivity (Wildman–Crippen MR) is 53.1 cm³/mol. The molecule has 0 atom stereocenters. The molecule has 0 aliphatic heterocycles. The van der Waals surface area contributed by atoms with Gasteiger partial charge in [0.15, 0.2) is 0 Å². The summed E-state index contributed by atoms with van der Waals surface area (Å²) in [5.41, 5.74) is 0. The molecule has 0 aromatic carbocycles. The summed E-state index contributed by atoms with van der Waals surface area (Å²) in [5.74, 6) is 0.863. The van der Waals surface area contributed by atoms with Crippen molar-refractivity contribution < 1.29 is 13.9 Å². The molecule has 0 aliphatic carbocycles. The molecule has 80 valence electrons. The SMILES string of the molecule is COCCNCCOCc1ccco1. The van der Waals surface area contributed by atoms with Gasteiger partial charge in [-0.1, -0.05) is 0 Å². The molecule has 0 fully saturated rings. The minimum atomic E-state index is 0.541. The van der Waals surface area contributed by atoms with E-state index in [9.17, 15) is 0 Å². The number of methoxy groups -OCH3 is 1. The first-order chi connectivity index (χ1) is 6.93. The molecule has 0 unspecified atom stereocenters. The van der Waals surface area contributed by atoms with E-state index in [4.69, 9.17) is 13.9 Å². The molecule has 0 amide bonds. The van der Waals surface area contributed by atoms with Crippen LogP contribution in [0.4, 0.5) is 0 Å². The van der Waals surface area contributed by atoms with Crippen LogP contribution in [0.2, 0.25) is 0 Å². The maximum atomic E-state index is 5.36. The van der Waals surface area contributed by atoms with Crippen molar-refractivity contribution in [2.24, 2.45) is 0 Å². The third kappa shape index (κ3) is 5.01. The van der Waals surface area contributed by atoms with E-state index in [1.54, 1.807) is 13.4 Å². The first-order valence-electron chi connectivity index (χ1n) is 4.73. The van der Waals surface area contributed by atoms with Crippen molar-refractivity contribution in [1.29, 1.82) is 0 Å². The molecule has 4 heteroatoms. The Bertz CT molecular complexity index is 211. The molecule has 0 radical (unpaired) electrons. The lowest BCUT2D eigenvalue weighted by Gasteiger charge is -2.04. The van der Waals surface area contributed by atoms with Gasteiger partial charge in [0, 0.05) is 20.2 Å². The number of furan rings is 1. The van der Waals surface area contributed by atoms with Crippen molar-refractivity contribution in [2.75, 3.05) is 33.4 Å². The molecule has 1 aromatic heterocycles. The molecule has 0 spiro atoms. The van der Waals surface area contributed by atoms with Gasteiger partial charge in [0.05, 0.1) is 19.5 Å². The van der Waals surface area contributed by atoms with Crippen molar-refractivity contribution >= 4 is 0 Å². The lowest BCUT2D eigenvalue weighted by molar-refractivity contribution is 0.106. The maximum absolute atomic E-state index is 5.36. The summed E-state index contributed by atoms with van der Waals surface area (Å²) in [6, 6.07) is 3.76. The van der Waals surface area contributed by atoms with Crippen molar-refractivity contribution in [1.82, 2.24) is 5.32 Å². The van der Waals surface area contributed by atoms with Crippen molar-refractivity contribution in [3.63, 3.8) is 0 Å². The zero-order chi connectivity index (χ0) is 10.1. The summed E-state index contributed by atoms with van der Waals surface area (Å²) in [4.78, 5) is 0. The van der Waals surface area contributed by atoms with Gasteiger partial charge in [-0.2, -0.15) is 0 Å². The molecule has 4 nitrogen and oxygen atoms in total. The van der Waals surface area contributed by atoms with Crippen LogP contribution in [0.1, 0.15) is 5.76 Å². The Kier molecular flexibility index (Phi) is 6.06. The summed E-state index contributed by atoms with van der Waals surface area (Å²) in [6.45, 7) is 3.66. The second-order valence-corrected chi connectivity index (χ2v) is 2.87. The van der Waals surface area contributed by atoms with Gasteiger partial charge in [0.2, 0.25) is 0 Å². The second-order valence-electron chi connectivity index (χ2n) is 2.87. The maximum Gasteiger partial charge on any atom is 0.129 e. The van der Waals surface area contributed by atoms with Gasteiger partial charge in [-0.05, 0) is 12.1 Å². The molecular weight excluding hydrogens is 182 g/mol. The standard InChI is InChI=1S/C10H17NO3/c1-12-7-4-11-5-8-13-9-10-3-2-6-14-10/h2-3,6,11H,4-5,7-9H2,1H3. The Morgan fingerprint density at radius 3 is 2.93 bits per heavy atom. The van der Waals surface area contributed by atoms with E-state index in [0.29, 0.717) is 13.2 Å². The molecule has 1 rings (SSSR count). The highest BCUT2D eigenvalue weighted by Crippen LogP contribution is 2.00.